The zero-order valence-corrected chi connectivity index (χ0v) is 9.78. The highest BCUT2D eigenvalue weighted by molar-refractivity contribution is 5.43. The lowest BCUT2D eigenvalue weighted by molar-refractivity contribution is 0.491. The molecule has 0 atom stereocenters. The minimum absolute atomic E-state index is 0.719. The molecular formula is C13H21N3. The Kier molecular flexibility index (Phi) is 4.03. The quantitative estimate of drug-likeness (QED) is 0.748. The third-order valence-corrected chi connectivity index (χ3v) is 3.36. The number of rotatable bonds is 5. The van der Waals surface area contributed by atoms with Crippen molar-refractivity contribution in [3.8, 4) is 0 Å². The first-order valence-electron chi connectivity index (χ1n) is 6.30. The molecule has 0 bridgehead atoms. The van der Waals surface area contributed by atoms with Gasteiger partial charge in [0.25, 0.3) is 0 Å². The van der Waals surface area contributed by atoms with Crippen molar-refractivity contribution in [2.45, 2.75) is 38.5 Å². The van der Waals surface area contributed by atoms with Crippen molar-refractivity contribution < 1.29 is 0 Å². The van der Waals surface area contributed by atoms with Crippen molar-refractivity contribution in [1.29, 1.82) is 0 Å². The van der Waals surface area contributed by atoms with Crippen molar-refractivity contribution >= 4 is 11.5 Å². The van der Waals surface area contributed by atoms with E-state index in [-0.39, 0.29) is 0 Å². The van der Waals surface area contributed by atoms with E-state index in [1.807, 2.05) is 12.1 Å². The molecular weight excluding hydrogens is 198 g/mol. The molecule has 1 aliphatic rings. The summed E-state index contributed by atoms with van der Waals surface area (Å²) in [5.41, 5.74) is 6.29. The molecule has 3 heteroatoms. The Morgan fingerprint density at radius 3 is 2.81 bits per heavy atom. The number of pyridine rings is 1. The van der Waals surface area contributed by atoms with Gasteiger partial charge in [0.05, 0.1) is 11.9 Å². The van der Waals surface area contributed by atoms with E-state index in [0.717, 1.165) is 24.0 Å². The van der Waals surface area contributed by atoms with Crippen LogP contribution in [0, 0.1) is 5.92 Å². The van der Waals surface area contributed by atoms with Gasteiger partial charge in [-0.25, -0.2) is 4.98 Å². The number of nitrogens with zero attached hydrogens (tertiary/aromatic N) is 1. The third-order valence-electron chi connectivity index (χ3n) is 3.36. The summed E-state index contributed by atoms with van der Waals surface area (Å²) in [7, 11) is 0. The summed E-state index contributed by atoms with van der Waals surface area (Å²) < 4.78 is 0. The summed E-state index contributed by atoms with van der Waals surface area (Å²) in [6.07, 6.45) is 10.1. The van der Waals surface area contributed by atoms with Crippen LogP contribution in [-0.4, -0.2) is 11.5 Å². The van der Waals surface area contributed by atoms with Gasteiger partial charge in [0.2, 0.25) is 0 Å². The first-order chi connectivity index (χ1) is 7.84. The van der Waals surface area contributed by atoms with Crippen LogP contribution >= 0.6 is 0 Å². The van der Waals surface area contributed by atoms with Gasteiger partial charge < -0.3 is 11.1 Å². The third kappa shape index (κ3) is 3.40. The van der Waals surface area contributed by atoms with Gasteiger partial charge in [0.1, 0.15) is 5.82 Å². The maximum Gasteiger partial charge on any atom is 0.126 e. The molecule has 1 heterocycles. The topological polar surface area (TPSA) is 50.9 Å². The molecule has 2 rings (SSSR count). The van der Waals surface area contributed by atoms with Crippen LogP contribution in [0.2, 0.25) is 0 Å². The molecule has 0 amide bonds. The summed E-state index contributed by atoms with van der Waals surface area (Å²) in [6, 6.07) is 3.82. The van der Waals surface area contributed by atoms with E-state index in [4.69, 9.17) is 5.73 Å². The SMILES string of the molecule is Nc1ccc(NCCCC2CCCC2)nc1. The number of nitrogens with two attached hydrogens (primary N) is 1. The number of nitrogen functional groups attached to an aromatic ring is 1. The van der Waals surface area contributed by atoms with Crippen LogP contribution in [0.5, 0.6) is 0 Å². The average Bonchev–Trinajstić information content (AvgIpc) is 2.80. The standard InChI is InChI=1S/C13H21N3/c14-12-7-8-13(16-10-12)15-9-3-6-11-4-1-2-5-11/h7-8,10-11H,1-6,9,14H2,(H,15,16). The van der Waals surface area contributed by atoms with E-state index < -0.39 is 0 Å². The Morgan fingerprint density at radius 2 is 2.12 bits per heavy atom. The van der Waals surface area contributed by atoms with E-state index >= 15 is 0 Å². The monoisotopic (exact) mass is 219 g/mol. The van der Waals surface area contributed by atoms with Gasteiger partial charge in [-0.3, -0.25) is 0 Å². The second-order valence-electron chi connectivity index (χ2n) is 4.70. The summed E-state index contributed by atoms with van der Waals surface area (Å²) in [6.45, 7) is 1.02. The van der Waals surface area contributed by atoms with Crippen LogP contribution in [0.4, 0.5) is 11.5 Å². The number of anilines is 2. The number of nitrogens with one attached hydrogen (secondary N) is 1. The molecule has 1 fully saturated rings. The van der Waals surface area contributed by atoms with Crippen LogP contribution in [-0.2, 0) is 0 Å². The van der Waals surface area contributed by atoms with Crippen molar-refractivity contribution in [2.24, 2.45) is 5.92 Å². The van der Waals surface area contributed by atoms with Crippen LogP contribution in [0.3, 0.4) is 0 Å². The Bertz CT molecular complexity index is 301. The highest BCUT2D eigenvalue weighted by Crippen LogP contribution is 2.28. The van der Waals surface area contributed by atoms with Crippen molar-refractivity contribution in [3.63, 3.8) is 0 Å². The van der Waals surface area contributed by atoms with Crippen molar-refractivity contribution in [1.82, 2.24) is 4.98 Å². The zero-order chi connectivity index (χ0) is 11.2. The normalized spacial score (nSPS) is 16.5. The smallest absolute Gasteiger partial charge is 0.126 e. The molecule has 88 valence electrons. The van der Waals surface area contributed by atoms with Crippen LogP contribution in [0.25, 0.3) is 0 Å². The highest BCUT2D eigenvalue weighted by Gasteiger charge is 2.13. The molecule has 0 aliphatic heterocycles. The lowest BCUT2D eigenvalue weighted by Crippen LogP contribution is -2.05. The van der Waals surface area contributed by atoms with E-state index in [2.05, 4.69) is 10.3 Å². The Labute approximate surface area is 97.5 Å². The van der Waals surface area contributed by atoms with Crippen molar-refractivity contribution in [2.75, 3.05) is 17.6 Å². The van der Waals surface area contributed by atoms with Gasteiger partial charge in [-0.05, 0) is 30.9 Å². The number of hydrogen-bond donors (Lipinski definition) is 2. The lowest BCUT2D eigenvalue weighted by Gasteiger charge is -2.09. The Balaban J connectivity index is 1.62. The summed E-state index contributed by atoms with van der Waals surface area (Å²) in [4.78, 5) is 4.21. The first-order valence-corrected chi connectivity index (χ1v) is 6.30. The van der Waals surface area contributed by atoms with Gasteiger partial charge in [-0.1, -0.05) is 25.7 Å². The fourth-order valence-corrected chi connectivity index (χ4v) is 2.42. The predicted molar refractivity (Wildman–Crippen MR) is 68.3 cm³/mol. The fraction of sp³-hybridized carbons (Fsp3) is 0.615. The number of hydrogen-bond acceptors (Lipinski definition) is 3. The molecule has 1 aliphatic carbocycles. The molecule has 0 spiro atoms. The van der Waals surface area contributed by atoms with Gasteiger partial charge in [-0.15, -0.1) is 0 Å². The summed E-state index contributed by atoms with van der Waals surface area (Å²) >= 11 is 0. The first kappa shape index (κ1) is 11.2. The Hall–Kier alpha value is -1.25. The molecule has 0 saturated heterocycles. The molecule has 0 aromatic carbocycles. The second kappa shape index (κ2) is 5.73. The Morgan fingerprint density at radius 1 is 1.31 bits per heavy atom. The molecule has 0 radical (unpaired) electrons. The summed E-state index contributed by atoms with van der Waals surface area (Å²) in [5.74, 6) is 1.92. The van der Waals surface area contributed by atoms with Crippen molar-refractivity contribution in [3.05, 3.63) is 18.3 Å². The van der Waals surface area contributed by atoms with Gasteiger partial charge >= 0.3 is 0 Å². The molecule has 1 saturated carbocycles. The predicted octanol–water partition coefficient (Wildman–Crippen LogP) is 3.05. The molecule has 3 N–H and O–H groups in total. The van der Waals surface area contributed by atoms with Gasteiger partial charge in [0.15, 0.2) is 0 Å². The fourth-order valence-electron chi connectivity index (χ4n) is 2.42. The zero-order valence-electron chi connectivity index (χ0n) is 9.78. The van der Waals surface area contributed by atoms with E-state index in [1.54, 1.807) is 6.20 Å². The van der Waals surface area contributed by atoms with Crippen LogP contribution < -0.4 is 11.1 Å². The maximum atomic E-state index is 5.57. The molecule has 1 aromatic heterocycles. The minimum atomic E-state index is 0.719. The number of aromatic nitrogens is 1. The molecule has 3 nitrogen and oxygen atoms in total. The van der Waals surface area contributed by atoms with E-state index in [0.29, 0.717) is 0 Å². The minimum Gasteiger partial charge on any atom is -0.397 e. The van der Waals surface area contributed by atoms with E-state index in [9.17, 15) is 0 Å². The maximum absolute atomic E-state index is 5.57. The van der Waals surface area contributed by atoms with Crippen LogP contribution in [0.1, 0.15) is 38.5 Å². The average molecular weight is 219 g/mol. The highest BCUT2D eigenvalue weighted by atomic mass is 15.0. The molecule has 1 aromatic rings. The van der Waals surface area contributed by atoms with Gasteiger partial charge in [-0.2, -0.15) is 0 Å². The molecule has 0 unspecified atom stereocenters. The molecule has 16 heavy (non-hydrogen) atoms. The largest absolute Gasteiger partial charge is 0.397 e. The van der Waals surface area contributed by atoms with E-state index in [1.165, 1.54) is 38.5 Å². The van der Waals surface area contributed by atoms with Gasteiger partial charge in [0, 0.05) is 6.54 Å². The summed E-state index contributed by atoms with van der Waals surface area (Å²) in [5, 5.41) is 3.33. The van der Waals surface area contributed by atoms with Crippen LogP contribution in [0.15, 0.2) is 18.3 Å². The lowest BCUT2D eigenvalue weighted by atomic mass is 10.0. The second-order valence-corrected chi connectivity index (χ2v) is 4.70.